The zero-order valence-electron chi connectivity index (χ0n) is 8.80. The lowest BCUT2D eigenvalue weighted by atomic mass is 10.4. The minimum absolute atomic E-state index is 0.0783. The fourth-order valence-electron chi connectivity index (χ4n) is 0.861. The Balaban J connectivity index is 2.35. The SMILES string of the molecule is Cc1nnc(NCCSC(F)(F)F)nc1C. The highest BCUT2D eigenvalue weighted by atomic mass is 32.2. The van der Waals surface area contributed by atoms with Gasteiger partial charge in [-0.2, -0.15) is 18.3 Å². The molecular weight excluding hydrogens is 241 g/mol. The zero-order chi connectivity index (χ0) is 12.2. The van der Waals surface area contributed by atoms with E-state index in [2.05, 4.69) is 20.5 Å². The van der Waals surface area contributed by atoms with E-state index >= 15 is 0 Å². The number of alkyl halides is 3. The van der Waals surface area contributed by atoms with Gasteiger partial charge in [-0.15, -0.1) is 5.10 Å². The maximum atomic E-state index is 11.8. The summed E-state index contributed by atoms with van der Waals surface area (Å²) < 4.78 is 35.4. The summed E-state index contributed by atoms with van der Waals surface area (Å²) in [6, 6.07) is 0. The first-order valence-electron chi connectivity index (χ1n) is 4.51. The quantitative estimate of drug-likeness (QED) is 0.832. The Bertz CT molecular complexity index is 356. The highest BCUT2D eigenvalue weighted by Crippen LogP contribution is 2.29. The average Bonchev–Trinajstić information content (AvgIpc) is 2.17. The molecule has 0 spiro atoms. The number of rotatable bonds is 4. The number of anilines is 1. The number of hydrogen-bond donors (Lipinski definition) is 1. The Labute approximate surface area is 95.1 Å². The van der Waals surface area contributed by atoms with E-state index in [1.54, 1.807) is 13.8 Å². The monoisotopic (exact) mass is 252 g/mol. The molecule has 1 rings (SSSR count). The maximum Gasteiger partial charge on any atom is 0.441 e. The summed E-state index contributed by atoms with van der Waals surface area (Å²) in [4.78, 5) is 4.03. The highest BCUT2D eigenvalue weighted by molar-refractivity contribution is 8.00. The van der Waals surface area contributed by atoms with Gasteiger partial charge in [-0.25, -0.2) is 4.98 Å². The van der Waals surface area contributed by atoms with Crippen LogP contribution in [-0.2, 0) is 0 Å². The van der Waals surface area contributed by atoms with E-state index in [-0.39, 0.29) is 30.0 Å². The van der Waals surface area contributed by atoms with Crippen molar-refractivity contribution in [1.29, 1.82) is 0 Å². The molecule has 0 fully saturated rings. The molecule has 0 unspecified atom stereocenters. The van der Waals surface area contributed by atoms with Gasteiger partial charge in [0.05, 0.1) is 11.4 Å². The lowest BCUT2D eigenvalue weighted by Gasteiger charge is -2.07. The van der Waals surface area contributed by atoms with Crippen LogP contribution in [0.5, 0.6) is 0 Å². The van der Waals surface area contributed by atoms with Crippen LogP contribution >= 0.6 is 11.8 Å². The van der Waals surface area contributed by atoms with Crippen LogP contribution in [0, 0.1) is 13.8 Å². The number of halogens is 3. The second kappa shape index (κ2) is 5.33. The molecular formula is C8H11F3N4S. The van der Waals surface area contributed by atoms with Crippen molar-refractivity contribution in [2.24, 2.45) is 0 Å². The van der Waals surface area contributed by atoms with Crippen LogP contribution in [0.25, 0.3) is 0 Å². The third kappa shape index (κ3) is 4.65. The summed E-state index contributed by atoms with van der Waals surface area (Å²) in [7, 11) is 0. The molecule has 0 aliphatic rings. The van der Waals surface area contributed by atoms with E-state index in [0.717, 1.165) is 0 Å². The molecule has 90 valence electrons. The molecule has 0 aliphatic heterocycles. The fourth-order valence-corrected chi connectivity index (χ4v) is 1.30. The number of nitrogens with zero attached hydrogens (tertiary/aromatic N) is 3. The molecule has 0 bridgehead atoms. The molecule has 4 nitrogen and oxygen atoms in total. The van der Waals surface area contributed by atoms with Gasteiger partial charge in [0.15, 0.2) is 0 Å². The van der Waals surface area contributed by atoms with E-state index in [4.69, 9.17) is 0 Å². The van der Waals surface area contributed by atoms with Crippen molar-refractivity contribution >= 4 is 17.7 Å². The summed E-state index contributed by atoms with van der Waals surface area (Å²) in [5.74, 6) is 0.172. The van der Waals surface area contributed by atoms with Crippen LogP contribution in [0.1, 0.15) is 11.4 Å². The summed E-state index contributed by atoms with van der Waals surface area (Å²) in [6.45, 7) is 3.67. The zero-order valence-corrected chi connectivity index (χ0v) is 9.61. The fraction of sp³-hybridized carbons (Fsp3) is 0.625. The van der Waals surface area contributed by atoms with Crippen LogP contribution in [0.4, 0.5) is 19.1 Å². The predicted molar refractivity (Wildman–Crippen MR) is 56.3 cm³/mol. The molecule has 1 aromatic heterocycles. The molecule has 1 N–H and O–H groups in total. The number of aromatic nitrogens is 3. The molecule has 0 radical (unpaired) electrons. The molecule has 0 saturated heterocycles. The second-order valence-corrected chi connectivity index (χ2v) is 4.19. The van der Waals surface area contributed by atoms with Crippen molar-refractivity contribution in [2.45, 2.75) is 19.4 Å². The third-order valence-corrected chi connectivity index (χ3v) is 2.48. The molecule has 16 heavy (non-hydrogen) atoms. The molecule has 0 atom stereocenters. The third-order valence-electron chi connectivity index (χ3n) is 1.74. The van der Waals surface area contributed by atoms with Gasteiger partial charge in [0, 0.05) is 12.3 Å². The number of thioether (sulfide) groups is 1. The van der Waals surface area contributed by atoms with Crippen molar-refractivity contribution in [2.75, 3.05) is 17.6 Å². The van der Waals surface area contributed by atoms with Crippen LogP contribution in [-0.4, -0.2) is 33.0 Å². The van der Waals surface area contributed by atoms with Gasteiger partial charge in [0.25, 0.3) is 0 Å². The van der Waals surface area contributed by atoms with Crippen LogP contribution in [0.2, 0.25) is 0 Å². The van der Waals surface area contributed by atoms with Crippen molar-refractivity contribution in [3.05, 3.63) is 11.4 Å². The Hall–Kier alpha value is -1.05. The first-order chi connectivity index (χ1) is 7.38. The highest BCUT2D eigenvalue weighted by Gasteiger charge is 2.27. The number of hydrogen-bond acceptors (Lipinski definition) is 5. The molecule has 0 amide bonds. The largest absolute Gasteiger partial charge is 0.441 e. The molecule has 0 saturated carbocycles. The summed E-state index contributed by atoms with van der Waals surface area (Å²) in [6.07, 6.45) is 0. The van der Waals surface area contributed by atoms with Crippen LogP contribution in [0.15, 0.2) is 0 Å². The van der Waals surface area contributed by atoms with E-state index in [1.807, 2.05) is 0 Å². The number of nitrogens with one attached hydrogen (secondary N) is 1. The standard InChI is InChI=1S/C8H11F3N4S/c1-5-6(2)14-15-7(13-5)12-3-4-16-8(9,10)11/h3-4H2,1-2H3,(H,12,13,15). The van der Waals surface area contributed by atoms with Crippen molar-refractivity contribution < 1.29 is 13.2 Å². The van der Waals surface area contributed by atoms with Crippen LogP contribution in [0.3, 0.4) is 0 Å². The molecule has 0 aromatic carbocycles. The average molecular weight is 252 g/mol. The van der Waals surface area contributed by atoms with E-state index in [9.17, 15) is 13.2 Å². The van der Waals surface area contributed by atoms with Gasteiger partial charge in [-0.1, -0.05) is 0 Å². The first kappa shape index (κ1) is 13.0. The maximum absolute atomic E-state index is 11.8. The smallest absolute Gasteiger partial charge is 0.352 e. The van der Waals surface area contributed by atoms with E-state index in [0.29, 0.717) is 11.4 Å². The topological polar surface area (TPSA) is 50.7 Å². The normalized spacial score (nSPS) is 11.6. The van der Waals surface area contributed by atoms with Crippen LogP contribution < -0.4 is 5.32 Å². The second-order valence-electron chi connectivity index (χ2n) is 3.03. The molecule has 0 aliphatic carbocycles. The Kier molecular flexibility index (Phi) is 4.34. The molecule has 1 aromatic rings. The molecule has 8 heteroatoms. The Morgan fingerprint density at radius 3 is 2.44 bits per heavy atom. The van der Waals surface area contributed by atoms with Gasteiger partial charge in [0.1, 0.15) is 0 Å². The Morgan fingerprint density at radius 2 is 1.88 bits per heavy atom. The van der Waals surface area contributed by atoms with E-state index in [1.165, 1.54) is 0 Å². The Morgan fingerprint density at radius 1 is 1.19 bits per heavy atom. The van der Waals surface area contributed by atoms with Crippen molar-refractivity contribution in [3.63, 3.8) is 0 Å². The van der Waals surface area contributed by atoms with Gasteiger partial charge in [-0.3, -0.25) is 0 Å². The molecule has 1 heterocycles. The summed E-state index contributed by atoms with van der Waals surface area (Å²) in [5.41, 5.74) is -2.78. The van der Waals surface area contributed by atoms with Gasteiger partial charge in [-0.05, 0) is 25.6 Å². The number of aryl methyl sites for hydroxylation is 2. The lowest BCUT2D eigenvalue weighted by Crippen LogP contribution is -2.12. The van der Waals surface area contributed by atoms with E-state index < -0.39 is 5.51 Å². The summed E-state index contributed by atoms with van der Waals surface area (Å²) in [5, 5.41) is 10.2. The summed E-state index contributed by atoms with van der Waals surface area (Å²) >= 11 is -0.0783. The van der Waals surface area contributed by atoms with Crippen molar-refractivity contribution in [1.82, 2.24) is 15.2 Å². The van der Waals surface area contributed by atoms with Gasteiger partial charge >= 0.3 is 5.51 Å². The van der Waals surface area contributed by atoms with Crippen molar-refractivity contribution in [3.8, 4) is 0 Å². The lowest BCUT2D eigenvalue weighted by molar-refractivity contribution is -0.0327. The first-order valence-corrected chi connectivity index (χ1v) is 5.49. The minimum atomic E-state index is -4.19. The van der Waals surface area contributed by atoms with Gasteiger partial charge in [0.2, 0.25) is 5.95 Å². The predicted octanol–water partition coefficient (Wildman–Crippen LogP) is 2.15. The minimum Gasteiger partial charge on any atom is -0.352 e. The van der Waals surface area contributed by atoms with Gasteiger partial charge < -0.3 is 5.32 Å².